The van der Waals surface area contributed by atoms with Crippen LogP contribution in [0.15, 0.2) is 0 Å². The van der Waals surface area contributed by atoms with Gasteiger partial charge in [0.25, 0.3) is 5.91 Å². The molecule has 0 bridgehead atoms. The molecule has 2 aliphatic carbocycles. The smallest absolute Gasteiger partial charge is 0.289 e. The summed E-state index contributed by atoms with van der Waals surface area (Å²) in [6.07, 6.45) is 7.24. The maximum absolute atomic E-state index is 14.2. The summed E-state index contributed by atoms with van der Waals surface area (Å²) in [6.45, 7) is 9.57. The van der Waals surface area contributed by atoms with Crippen LogP contribution in [0, 0.1) is 23.7 Å². The summed E-state index contributed by atoms with van der Waals surface area (Å²) >= 11 is 0. The molecule has 2 heterocycles. The lowest BCUT2D eigenvalue weighted by Gasteiger charge is -2.34. The maximum Gasteiger partial charge on any atom is 0.289 e. The van der Waals surface area contributed by atoms with E-state index in [0.717, 1.165) is 32.1 Å². The number of fused-ring (bicyclic) bond motifs is 1. The van der Waals surface area contributed by atoms with E-state index in [2.05, 4.69) is 41.9 Å². The van der Waals surface area contributed by atoms with Gasteiger partial charge in [-0.1, -0.05) is 52.7 Å². The molecule has 5 N–H and O–H groups in total. The Morgan fingerprint density at radius 3 is 2.27 bits per heavy atom. The number of H-pyrrole nitrogens is 1. The van der Waals surface area contributed by atoms with Crippen LogP contribution in [0.1, 0.15) is 105 Å². The molecule has 5 amide bonds. The Morgan fingerprint density at radius 1 is 0.917 bits per heavy atom. The van der Waals surface area contributed by atoms with Crippen molar-refractivity contribution in [3.8, 4) is 0 Å². The van der Waals surface area contributed by atoms with Gasteiger partial charge in [-0.15, -0.1) is 10.2 Å². The van der Waals surface area contributed by atoms with E-state index in [1.807, 2.05) is 34.6 Å². The van der Waals surface area contributed by atoms with Gasteiger partial charge in [0.05, 0.1) is 6.04 Å². The Kier molecular flexibility index (Phi) is 13.0. The number of carbonyl (C=O) groups is 6. The number of Topliss-reactive ketones (excluding diaryl/α,β-unsaturated/α-hetero) is 1. The van der Waals surface area contributed by atoms with Crippen molar-refractivity contribution in [2.24, 2.45) is 23.7 Å². The summed E-state index contributed by atoms with van der Waals surface area (Å²) < 4.78 is 0. The normalized spacial score (nSPS) is 22.1. The van der Waals surface area contributed by atoms with E-state index in [1.54, 1.807) is 4.90 Å². The number of hydrogen-bond acceptors (Lipinski definition) is 9. The number of aromatic amines is 1. The molecule has 1 unspecified atom stereocenters. The third-order valence-electron chi connectivity index (χ3n) is 9.73. The van der Waals surface area contributed by atoms with Crippen molar-refractivity contribution in [1.82, 2.24) is 46.8 Å². The molecule has 1 aliphatic heterocycles. The first-order valence-electron chi connectivity index (χ1n) is 17.7. The molecule has 3 aliphatic rings. The van der Waals surface area contributed by atoms with E-state index in [-0.39, 0.29) is 47.9 Å². The standard InChI is InChI=1S/C33H53N9O6/c1-6-10-23(29(44)32(47)34-21-15-16-21)35-31(46)28-22-12-9-11-20(22)17-42(28)33(48)27(19(4)5)37-30(45)26(18(2)3)36-25(43)14-8-7-13-24-38-40-41-39-24/h18-23,26-28H,6-17H2,1-5H3,(H,34,47)(H,35,46)(H,36,43)(H,37,45)(H,38,39,40,41)/t20-,22-,23?,26-,27-,28-/m0/s1. The fourth-order valence-corrected chi connectivity index (χ4v) is 6.90. The summed E-state index contributed by atoms with van der Waals surface area (Å²) in [6, 6.07) is -3.56. The van der Waals surface area contributed by atoms with Crippen LogP contribution in [-0.2, 0) is 35.2 Å². The molecule has 266 valence electrons. The Labute approximate surface area is 282 Å². The average Bonchev–Trinajstić information content (AvgIpc) is 3.38. The maximum atomic E-state index is 14.2. The minimum absolute atomic E-state index is 0.0158. The van der Waals surface area contributed by atoms with E-state index in [9.17, 15) is 28.8 Å². The number of unbranched alkanes of at least 4 members (excludes halogenated alkanes) is 1. The van der Waals surface area contributed by atoms with Crippen LogP contribution in [0.2, 0.25) is 0 Å². The largest absolute Gasteiger partial charge is 0.347 e. The molecule has 1 aromatic heterocycles. The van der Waals surface area contributed by atoms with Crippen LogP contribution < -0.4 is 21.3 Å². The van der Waals surface area contributed by atoms with E-state index < -0.39 is 47.7 Å². The van der Waals surface area contributed by atoms with Gasteiger partial charge in [0.15, 0.2) is 5.82 Å². The van der Waals surface area contributed by atoms with Gasteiger partial charge >= 0.3 is 0 Å². The van der Waals surface area contributed by atoms with Gasteiger partial charge in [-0.05, 0) is 68.6 Å². The molecule has 15 heteroatoms. The molecule has 15 nitrogen and oxygen atoms in total. The molecule has 1 saturated heterocycles. The number of likely N-dealkylation sites (tertiary alicyclic amines) is 1. The van der Waals surface area contributed by atoms with Crippen LogP contribution in [0.4, 0.5) is 0 Å². The molecule has 48 heavy (non-hydrogen) atoms. The van der Waals surface area contributed by atoms with Crippen LogP contribution in [-0.4, -0.2) is 97.6 Å². The lowest BCUT2D eigenvalue weighted by Crippen LogP contribution is -2.60. The van der Waals surface area contributed by atoms with Crippen LogP contribution in [0.25, 0.3) is 0 Å². The average molecular weight is 672 g/mol. The van der Waals surface area contributed by atoms with Crippen molar-refractivity contribution >= 4 is 35.3 Å². The zero-order chi connectivity index (χ0) is 35.0. The number of rotatable bonds is 18. The van der Waals surface area contributed by atoms with Crippen LogP contribution in [0.3, 0.4) is 0 Å². The number of tetrazole rings is 1. The van der Waals surface area contributed by atoms with Crippen molar-refractivity contribution < 1.29 is 28.8 Å². The van der Waals surface area contributed by atoms with Crippen LogP contribution in [0.5, 0.6) is 0 Å². The minimum Gasteiger partial charge on any atom is -0.347 e. The molecule has 3 fully saturated rings. The molecule has 6 atom stereocenters. The number of nitrogens with one attached hydrogen (secondary N) is 5. The van der Waals surface area contributed by atoms with Crippen molar-refractivity contribution in [1.29, 1.82) is 0 Å². The monoisotopic (exact) mass is 671 g/mol. The third-order valence-corrected chi connectivity index (χ3v) is 9.73. The second-order valence-corrected chi connectivity index (χ2v) is 14.3. The zero-order valence-corrected chi connectivity index (χ0v) is 28.9. The lowest BCUT2D eigenvalue weighted by atomic mass is 9.92. The number of aryl methyl sites for hydroxylation is 1. The number of carbonyl (C=O) groups excluding carboxylic acids is 6. The van der Waals surface area contributed by atoms with E-state index in [0.29, 0.717) is 44.5 Å². The summed E-state index contributed by atoms with van der Waals surface area (Å²) in [5.41, 5.74) is 0. The topological polar surface area (TPSA) is 208 Å². The SMILES string of the molecule is CCCC(NC(=O)[C@@H]1[C@H]2CCC[C@H]2CN1C(=O)[C@@H](NC(=O)[C@@H](NC(=O)CCCCc1nn[nH]n1)C(C)C)C(C)C)C(=O)C(=O)NC1CC1. The molecular formula is C33H53N9O6. The van der Waals surface area contributed by atoms with E-state index >= 15 is 0 Å². The highest BCUT2D eigenvalue weighted by atomic mass is 16.2. The van der Waals surface area contributed by atoms with Crippen molar-refractivity contribution in [2.45, 2.75) is 135 Å². The summed E-state index contributed by atoms with van der Waals surface area (Å²) in [7, 11) is 0. The number of nitrogens with zero attached hydrogens (tertiary/aromatic N) is 4. The summed E-state index contributed by atoms with van der Waals surface area (Å²) in [4.78, 5) is 81.7. The Bertz CT molecular complexity index is 1300. The fraction of sp³-hybridized carbons (Fsp3) is 0.788. The van der Waals surface area contributed by atoms with Crippen molar-refractivity contribution in [2.75, 3.05) is 6.54 Å². The van der Waals surface area contributed by atoms with Crippen molar-refractivity contribution in [3.05, 3.63) is 5.82 Å². The Hall–Kier alpha value is -3.91. The molecule has 4 rings (SSSR count). The first-order chi connectivity index (χ1) is 22.9. The summed E-state index contributed by atoms with van der Waals surface area (Å²) in [5, 5.41) is 25.0. The van der Waals surface area contributed by atoms with Gasteiger partial charge < -0.3 is 26.2 Å². The highest BCUT2D eigenvalue weighted by molar-refractivity contribution is 6.38. The predicted molar refractivity (Wildman–Crippen MR) is 175 cm³/mol. The van der Waals surface area contributed by atoms with Gasteiger partial charge in [0.2, 0.25) is 29.4 Å². The molecule has 0 radical (unpaired) electrons. The number of ketones is 1. The molecular weight excluding hydrogens is 618 g/mol. The first kappa shape index (κ1) is 36.9. The number of amides is 5. The van der Waals surface area contributed by atoms with Gasteiger partial charge in [-0.25, -0.2) is 0 Å². The highest BCUT2D eigenvalue weighted by Crippen LogP contribution is 2.42. The summed E-state index contributed by atoms with van der Waals surface area (Å²) in [5.74, 6) is -2.81. The second-order valence-electron chi connectivity index (χ2n) is 14.3. The molecule has 1 aromatic rings. The zero-order valence-electron chi connectivity index (χ0n) is 28.9. The number of aromatic nitrogens is 4. The van der Waals surface area contributed by atoms with Crippen LogP contribution >= 0.6 is 0 Å². The minimum atomic E-state index is -0.978. The first-order valence-corrected chi connectivity index (χ1v) is 17.7. The van der Waals surface area contributed by atoms with E-state index in [1.165, 1.54) is 0 Å². The second kappa shape index (κ2) is 17.0. The van der Waals surface area contributed by atoms with Gasteiger partial charge in [0, 0.05) is 25.4 Å². The molecule has 0 aromatic carbocycles. The molecule has 0 spiro atoms. The highest BCUT2D eigenvalue weighted by Gasteiger charge is 2.51. The number of hydrogen-bond donors (Lipinski definition) is 5. The lowest BCUT2D eigenvalue weighted by molar-refractivity contribution is -0.145. The quantitative estimate of drug-likeness (QED) is 0.111. The molecule has 2 saturated carbocycles. The third kappa shape index (κ3) is 9.59. The van der Waals surface area contributed by atoms with Crippen molar-refractivity contribution in [3.63, 3.8) is 0 Å². The van der Waals surface area contributed by atoms with Gasteiger partial charge in [-0.2, -0.15) is 5.21 Å². The fourth-order valence-electron chi connectivity index (χ4n) is 6.90. The van der Waals surface area contributed by atoms with E-state index in [4.69, 9.17) is 0 Å². The predicted octanol–water partition coefficient (Wildman–Crippen LogP) is 0.954. The Balaban J connectivity index is 1.41. The Morgan fingerprint density at radius 2 is 1.65 bits per heavy atom. The van der Waals surface area contributed by atoms with Gasteiger partial charge in [0.1, 0.15) is 18.1 Å². The van der Waals surface area contributed by atoms with Gasteiger partial charge in [-0.3, -0.25) is 28.8 Å².